The molecule has 1 saturated carbocycles. The standard InChI is InChI=1S/C17H26N4O3/c22-11-16-7-15(10-20(16)14-3-5-24-6-4-14)21-9-13(8-18-21)19-17(23)12-1-2-12/h8-9,12,14-16,22H,1-7,10-11H2,(H,19,23)/t15-,16-/m0/s1. The van der Waals surface area contributed by atoms with Crippen LogP contribution in [0.2, 0.25) is 0 Å². The molecule has 2 atom stereocenters. The van der Waals surface area contributed by atoms with E-state index in [0.29, 0.717) is 6.04 Å². The van der Waals surface area contributed by atoms with Gasteiger partial charge in [-0.25, -0.2) is 0 Å². The van der Waals surface area contributed by atoms with Crippen LogP contribution in [0.1, 0.15) is 38.1 Å². The number of aliphatic hydroxyl groups is 1. The van der Waals surface area contributed by atoms with Crippen LogP contribution in [0.25, 0.3) is 0 Å². The summed E-state index contributed by atoms with van der Waals surface area (Å²) in [6.07, 6.45) is 8.61. The topological polar surface area (TPSA) is 79.6 Å². The van der Waals surface area contributed by atoms with Crippen molar-refractivity contribution in [1.29, 1.82) is 0 Å². The van der Waals surface area contributed by atoms with Crippen LogP contribution in [0.15, 0.2) is 12.4 Å². The first-order chi connectivity index (χ1) is 11.7. The normalized spacial score (nSPS) is 29.0. The Morgan fingerprint density at radius 2 is 2.08 bits per heavy atom. The second-order valence-corrected chi connectivity index (χ2v) is 7.24. The number of carbonyl (C=O) groups excluding carboxylic acids is 1. The predicted molar refractivity (Wildman–Crippen MR) is 88.7 cm³/mol. The molecule has 0 unspecified atom stereocenters. The van der Waals surface area contributed by atoms with Gasteiger partial charge in [0.1, 0.15) is 0 Å². The SMILES string of the molecule is O=C(Nc1cnn([C@H]2C[C@@H](CO)N(C3CCOCC3)C2)c1)C1CC1. The second-order valence-electron chi connectivity index (χ2n) is 7.24. The maximum Gasteiger partial charge on any atom is 0.227 e. The highest BCUT2D eigenvalue weighted by molar-refractivity contribution is 5.93. The van der Waals surface area contributed by atoms with Crippen molar-refractivity contribution in [1.82, 2.24) is 14.7 Å². The fraction of sp³-hybridized carbons (Fsp3) is 0.765. The minimum Gasteiger partial charge on any atom is -0.395 e. The second kappa shape index (κ2) is 6.82. The highest BCUT2D eigenvalue weighted by atomic mass is 16.5. The Hall–Kier alpha value is -1.44. The molecule has 1 amide bonds. The van der Waals surface area contributed by atoms with Gasteiger partial charge >= 0.3 is 0 Å². The van der Waals surface area contributed by atoms with Crippen molar-refractivity contribution >= 4 is 11.6 Å². The third-order valence-electron chi connectivity index (χ3n) is 5.50. The zero-order valence-corrected chi connectivity index (χ0v) is 13.9. The molecule has 1 aromatic rings. The molecule has 7 nitrogen and oxygen atoms in total. The molecule has 0 spiro atoms. The molecular formula is C17H26N4O3. The first-order valence-electron chi connectivity index (χ1n) is 9.04. The summed E-state index contributed by atoms with van der Waals surface area (Å²) >= 11 is 0. The Morgan fingerprint density at radius 3 is 2.79 bits per heavy atom. The van der Waals surface area contributed by atoms with Crippen molar-refractivity contribution < 1.29 is 14.6 Å². The van der Waals surface area contributed by atoms with Gasteiger partial charge in [0.05, 0.1) is 24.5 Å². The van der Waals surface area contributed by atoms with Gasteiger partial charge in [-0.3, -0.25) is 14.4 Å². The fourth-order valence-corrected chi connectivity index (χ4v) is 3.94. The molecule has 1 aromatic heterocycles. The van der Waals surface area contributed by atoms with Gasteiger partial charge in [0.25, 0.3) is 0 Å². The summed E-state index contributed by atoms with van der Waals surface area (Å²) in [7, 11) is 0. The van der Waals surface area contributed by atoms with Gasteiger partial charge in [0, 0.05) is 44.0 Å². The number of rotatable bonds is 5. The van der Waals surface area contributed by atoms with Gasteiger partial charge in [0.15, 0.2) is 0 Å². The third-order valence-corrected chi connectivity index (χ3v) is 5.50. The lowest BCUT2D eigenvalue weighted by Crippen LogP contribution is -2.44. The molecule has 0 aromatic carbocycles. The highest BCUT2D eigenvalue weighted by Gasteiger charge is 2.37. The van der Waals surface area contributed by atoms with Gasteiger partial charge < -0.3 is 15.2 Å². The van der Waals surface area contributed by atoms with Gasteiger partial charge in [-0.05, 0) is 32.1 Å². The van der Waals surface area contributed by atoms with E-state index in [-0.39, 0.29) is 30.5 Å². The Bertz CT molecular complexity index is 580. The number of aliphatic hydroxyl groups excluding tert-OH is 1. The number of nitrogens with zero attached hydrogens (tertiary/aromatic N) is 3. The van der Waals surface area contributed by atoms with Crippen LogP contribution >= 0.6 is 0 Å². The number of aromatic nitrogens is 2. The summed E-state index contributed by atoms with van der Waals surface area (Å²) < 4.78 is 7.41. The van der Waals surface area contributed by atoms with Gasteiger partial charge in [-0.1, -0.05) is 0 Å². The van der Waals surface area contributed by atoms with Crippen LogP contribution in [-0.2, 0) is 9.53 Å². The lowest BCUT2D eigenvalue weighted by atomic mass is 10.1. The van der Waals surface area contributed by atoms with Gasteiger partial charge in [-0.15, -0.1) is 0 Å². The van der Waals surface area contributed by atoms with Crippen molar-refractivity contribution in [3.63, 3.8) is 0 Å². The Kier molecular flexibility index (Phi) is 4.56. The highest BCUT2D eigenvalue weighted by Crippen LogP contribution is 2.33. The number of anilines is 1. The molecule has 2 aliphatic heterocycles. The van der Waals surface area contributed by atoms with E-state index in [4.69, 9.17) is 4.74 Å². The average Bonchev–Trinajstić information content (AvgIpc) is 3.22. The van der Waals surface area contributed by atoms with E-state index < -0.39 is 0 Å². The maximum absolute atomic E-state index is 11.9. The molecule has 3 fully saturated rings. The lowest BCUT2D eigenvalue weighted by Gasteiger charge is -2.34. The molecule has 0 radical (unpaired) electrons. The quantitative estimate of drug-likeness (QED) is 0.840. The van der Waals surface area contributed by atoms with E-state index in [1.807, 2.05) is 10.9 Å². The molecule has 7 heteroatoms. The van der Waals surface area contributed by atoms with Crippen LogP contribution < -0.4 is 5.32 Å². The minimum atomic E-state index is 0.109. The predicted octanol–water partition coefficient (Wildman–Crippen LogP) is 1.02. The zero-order chi connectivity index (χ0) is 16.5. The molecule has 132 valence electrons. The number of hydrogen-bond donors (Lipinski definition) is 2. The number of amides is 1. The number of likely N-dealkylation sites (tertiary alicyclic amines) is 1. The smallest absolute Gasteiger partial charge is 0.227 e. The van der Waals surface area contributed by atoms with E-state index in [0.717, 1.165) is 57.6 Å². The van der Waals surface area contributed by atoms with E-state index in [1.165, 1.54) is 0 Å². The van der Waals surface area contributed by atoms with Crippen molar-refractivity contribution in [2.45, 2.75) is 50.2 Å². The molecule has 2 saturated heterocycles. The van der Waals surface area contributed by atoms with Crippen molar-refractivity contribution in [2.75, 3.05) is 31.7 Å². The van der Waals surface area contributed by atoms with Gasteiger partial charge in [0.2, 0.25) is 5.91 Å². The van der Waals surface area contributed by atoms with E-state index in [2.05, 4.69) is 15.3 Å². The summed E-state index contributed by atoms with van der Waals surface area (Å²) in [6, 6.07) is 0.925. The Labute approximate surface area is 142 Å². The Morgan fingerprint density at radius 1 is 1.29 bits per heavy atom. The molecule has 1 aliphatic carbocycles. The lowest BCUT2D eigenvalue weighted by molar-refractivity contribution is -0.117. The average molecular weight is 334 g/mol. The molecule has 4 rings (SSSR count). The summed E-state index contributed by atoms with van der Waals surface area (Å²) in [5.74, 6) is 0.306. The van der Waals surface area contributed by atoms with Crippen LogP contribution in [0.5, 0.6) is 0 Å². The molecule has 3 heterocycles. The number of nitrogens with one attached hydrogen (secondary N) is 1. The van der Waals surface area contributed by atoms with Gasteiger partial charge in [-0.2, -0.15) is 5.10 Å². The van der Waals surface area contributed by atoms with E-state index in [1.54, 1.807) is 6.20 Å². The first-order valence-corrected chi connectivity index (χ1v) is 9.04. The van der Waals surface area contributed by atoms with Crippen LogP contribution in [0.4, 0.5) is 5.69 Å². The van der Waals surface area contributed by atoms with Crippen molar-refractivity contribution in [3.05, 3.63) is 12.4 Å². The fourth-order valence-electron chi connectivity index (χ4n) is 3.94. The number of hydrogen-bond acceptors (Lipinski definition) is 5. The molecule has 24 heavy (non-hydrogen) atoms. The van der Waals surface area contributed by atoms with Crippen LogP contribution in [-0.4, -0.2) is 64.1 Å². The van der Waals surface area contributed by atoms with Crippen molar-refractivity contribution in [2.24, 2.45) is 5.92 Å². The minimum absolute atomic E-state index is 0.109. The monoisotopic (exact) mass is 334 g/mol. The third kappa shape index (κ3) is 3.34. The molecule has 2 N–H and O–H groups in total. The van der Waals surface area contributed by atoms with Crippen LogP contribution in [0, 0.1) is 5.92 Å². The largest absolute Gasteiger partial charge is 0.395 e. The zero-order valence-electron chi connectivity index (χ0n) is 13.9. The number of carbonyl (C=O) groups is 1. The Balaban J connectivity index is 1.40. The maximum atomic E-state index is 11.9. The van der Waals surface area contributed by atoms with E-state index >= 15 is 0 Å². The number of ether oxygens (including phenoxy) is 1. The van der Waals surface area contributed by atoms with Crippen molar-refractivity contribution in [3.8, 4) is 0 Å². The van der Waals surface area contributed by atoms with E-state index in [9.17, 15) is 9.90 Å². The molecule has 0 bridgehead atoms. The van der Waals surface area contributed by atoms with Crippen LogP contribution in [0.3, 0.4) is 0 Å². The summed E-state index contributed by atoms with van der Waals surface area (Å²) in [5, 5.41) is 17.2. The molecular weight excluding hydrogens is 308 g/mol. The summed E-state index contributed by atoms with van der Waals surface area (Å²) in [6.45, 7) is 2.69. The molecule has 3 aliphatic rings. The summed E-state index contributed by atoms with van der Waals surface area (Å²) in [5.41, 5.74) is 0.775. The summed E-state index contributed by atoms with van der Waals surface area (Å²) in [4.78, 5) is 14.3. The first kappa shape index (κ1) is 16.1.